The first-order chi connectivity index (χ1) is 8.65. The Balaban J connectivity index is 2.06. The van der Waals surface area contributed by atoms with Crippen LogP contribution < -0.4 is 10.9 Å². The first kappa shape index (κ1) is 12.0. The number of amides is 1. The van der Waals surface area contributed by atoms with Gasteiger partial charge in [0.2, 0.25) is 5.91 Å². The SMILES string of the molecule is Cc1ncc(CC(=O)Nc2ccccc2)c(=O)[nH]1. The van der Waals surface area contributed by atoms with Crippen LogP contribution in [-0.4, -0.2) is 15.9 Å². The molecule has 0 fully saturated rings. The molecule has 1 aromatic carbocycles. The molecule has 1 aromatic heterocycles. The fraction of sp³-hybridized carbons (Fsp3) is 0.154. The molecule has 5 nitrogen and oxygen atoms in total. The summed E-state index contributed by atoms with van der Waals surface area (Å²) in [5.74, 6) is 0.296. The average molecular weight is 243 g/mol. The third kappa shape index (κ3) is 3.04. The second-order valence-electron chi connectivity index (χ2n) is 3.91. The maximum atomic E-state index is 11.7. The molecule has 0 atom stereocenters. The van der Waals surface area contributed by atoms with Gasteiger partial charge in [-0.3, -0.25) is 9.59 Å². The number of aromatic amines is 1. The number of carbonyl (C=O) groups excluding carboxylic acids is 1. The number of nitrogens with one attached hydrogen (secondary N) is 2. The highest BCUT2D eigenvalue weighted by molar-refractivity contribution is 5.92. The fourth-order valence-electron chi connectivity index (χ4n) is 1.54. The summed E-state index contributed by atoms with van der Waals surface area (Å²) in [5.41, 5.74) is 0.791. The predicted molar refractivity (Wildman–Crippen MR) is 68.4 cm³/mol. The minimum atomic E-state index is -0.272. The lowest BCUT2D eigenvalue weighted by atomic mass is 10.2. The molecule has 0 aliphatic carbocycles. The van der Waals surface area contributed by atoms with Crippen LogP contribution in [0, 0.1) is 6.92 Å². The molecular weight excluding hydrogens is 230 g/mol. The van der Waals surface area contributed by atoms with Crippen LogP contribution >= 0.6 is 0 Å². The Kier molecular flexibility index (Phi) is 3.52. The van der Waals surface area contributed by atoms with E-state index in [0.717, 1.165) is 0 Å². The van der Waals surface area contributed by atoms with Gasteiger partial charge in [-0.2, -0.15) is 0 Å². The molecule has 1 heterocycles. The zero-order valence-electron chi connectivity index (χ0n) is 9.93. The van der Waals surface area contributed by atoms with E-state index >= 15 is 0 Å². The Morgan fingerprint density at radius 2 is 2.06 bits per heavy atom. The lowest BCUT2D eigenvalue weighted by Crippen LogP contribution is -2.22. The predicted octanol–water partition coefficient (Wildman–Crippen LogP) is 1.26. The van der Waals surface area contributed by atoms with Crippen LogP contribution in [0.2, 0.25) is 0 Å². The first-order valence-electron chi connectivity index (χ1n) is 5.55. The van der Waals surface area contributed by atoms with E-state index in [4.69, 9.17) is 0 Å². The van der Waals surface area contributed by atoms with Crippen molar-refractivity contribution in [2.45, 2.75) is 13.3 Å². The van der Waals surface area contributed by atoms with Crippen molar-refractivity contribution < 1.29 is 4.79 Å². The zero-order valence-corrected chi connectivity index (χ0v) is 9.93. The topological polar surface area (TPSA) is 74.8 Å². The van der Waals surface area contributed by atoms with Crippen molar-refractivity contribution in [2.24, 2.45) is 0 Å². The minimum Gasteiger partial charge on any atom is -0.326 e. The Bertz CT molecular complexity index is 605. The second kappa shape index (κ2) is 5.27. The van der Waals surface area contributed by atoms with E-state index in [1.807, 2.05) is 18.2 Å². The van der Waals surface area contributed by atoms with Crippen molar-refractivity contribution in [1.29, 1.82) is 0 Å². The van der Waals surface area contributed by atoms with Crippen molar-refractivity contribution in [2.75, 3.05) is 5.32 Å². The van der Waals surface area contributed by atoms with Gasteiger partial charge in [0.25, 0.3) is 5.56 Å². The molecule has 2 aromatic rings. The summed E-state index contributed by atoms with van der Waals surface area (Å²) < 4.78 is 0. The maximum absolute atomic E-state index is 11.7. The molecule has 0 aliphatic heterocycles. The van der Waals surface area contributed by atoms with Gasteiger partial charge in [0.15, 0.2) is 0 Å². The highest BCUT2D eigenvalue weighted by atomic mass is 16.2. The summed E-state index contributed by atoms with van der Waals surface area (Å²) >= 11 is 0. The molecule has 92 valence electrons. The van der Waals surface area contributed by atoms with Gasteiger partial charge < -0.3 is 10.3 Å². The smallest absolute Gasteiger partial charge is 0.254 e. The molecule has 0 saturated carbocycles. The van der Waals surface area contributed by atoms with Gasteiger partial charge in [0.05, 0.1) is 6.42 Å². The Morgan fingerprint density at radius 1 is 1.33 bits per heavy atom. The molecule has 0 unspecified atom stereocenters. The summed E-state index contributed by atoms with van der Waals surface area (Å²) in [6.07, 6.45) is 1.44. The van der Waals surface area contributed by atoms with Crippen LogP contribution in [0.4, 0.5) is 5.69 Å². The molecule has 0 saturated heterocycles. The third-order valence-corrected chi connectivity index (χ3v) is 2.41. The van der Waals surface area contributed by atoms with Gasteiger partial charge in [0.1, 0.15) is 5.82 Å². The van der Waals surface area contributed by atoms with E-state index in [1.165, 1.54) is 6.20 Å². The summed E-state index contributed by atoms with van der Waals surface area (Å²) in [5, 5.41) is 2.71. The summed E-state index contributed by atoms with van der Waals surface area (Å²) in [6.45, 7) is 1.69. The van der Waals surface area contributed by atoms with Crippen molar-refractivity contribution in [1.82, 2.24) is 9.97 Å². The van der Waals surface area contributed by atoms with Crippen molar-refractivity contribution >= 4 is 11.6 Å². The van der Waals surface area contributed by atoms with E-state index in [9.17, 15) is 9.59 Å². The standard InChI is InChI=1S/C13H13N3O2/c1-9-14-8-10(13(18)15-9)7-12(17)16-11-5-3-2-4-6-11/h2-6,8H,7H2,1H3,(H,16,17)(H,14,15,18). The van der Waals surface area contributed by atoms with Gasteiger partial charge in [-0.05, 0) is 19.1 Å². The summed E-state index contributed by atoms with van der Waals surface area (Å²) in [7, 11) is 0. The van der Waals surface area contributed by atoms with Crippen LogP contribution in [0.3, 0.4) is 0 Å². The number of benzene rings is 1. The second-order valence-corrected chi connectivity index (χ2v) is 3.91. The maximum Gasteiger partial charge on any atom is 0.254 e. The van der Waals surface area contributed by atoms with Crippen molar-refractivity contribution in [3.05, 3.63) is 58.3 Å². The number of hydrogen-bond donors (Lipinski definition) is 2. The molecular formula is C13H13N3O2. The van der Waals surface area contributed by atoms with E-state index in [0.29, 0.717) is 17.1 Å². The molecule has 5 heteroatoms. The molecule has 0 radical (unpaired) electrons. The monoisotopic (exact) mass is 243 g/mol. The van der Waals surface area contributed by atoms with Crippen LogP contribution in [0.25, 0.3) is 0 Å². The molecule has 2 rings (SSSR count). The van der Waals surface area contributed by atoms with Crippen molar-refractivity contribution in [3.8, 4) is 0 Å². The van der Waals surface area contributed by atoms with Crippen LogP contribution in [0.5, 0.6) is 0 Å². The van der Waals surface area contributed by atoms with Gasteiger partial charge in [-0.1, -0.05) is 18.2 Å². The van der Waals surface area contributed by atoms with Crippen LogP contribution in [0.15, 0.2) is 41.3 Å². The van der Waals surface area contributed by atoms with E-state index < -0.39 is 0 Å². The summed E-state index contributed by atoms with van der Waals surface area (Å²) in [4.78, 5) is 29.8. The molecule has 0 aliphatic rings. The van der Waals surface area contributed by atoms with Gasteiger partial charge >= 0.3 is 0 Å². The van der Waals surface area contributed by atoms with Gasteiger partial charge in [-0.15, -0.1) is 0 Å². The largest absolute Gasteiger partial charge is 0.326 e. The lowest BCUT2D eigenvalue weighted by molar-refractivity contribution is -0.115. The van der Waals surface area contributed by atoms with Gasteiger partial charge in [-0.25, -0.2) is 4.98 Å². The number of hydrogen-bond acceptors (Lipinski definition) is 3. The Morgan fingerprint density at radius 3 is 2.72 bits per heavy atom. The van der Waals surface area contributed by atoms with Crippen LogP contribution in [0.1, 0.15) is 11.4 Å². The Hall–Kier alpha value is -2.43. The highest BCUT2D eigenvalue weighted by Gasteiger charge is 2.07. The minimum absolute atomic E-state index is 0.0114. The average Bonchev–Trinajstić information content (AvgIpc) is 2.34. The molecule has 2 N–H and O–H groups in total. The number of aromatic nitrogens is 2. The number of carbonyl (C=O) groups is 1. The lowest BCUT2D eigenvalue weighted by Gasteiger charge is -2.04. The van der Waals surface area contributed by atoms with Crippen LogP contribution in [-0.2, 0) is 11.2 Å². The highest BCUT2D eigenvalue weighted by Crippen LogP contribution is 2.05. The number of nitrogens with zero attached hydrogens (tertiary/aromatic N) is 1. The van der Waals surface area contributed by atoms with Gasteiger partial charge in [0, 0.05) is 17.4 Å². The third-order valence-electron chi connectivity index (χ3n) is 2.41. The molecule has 0 bridgehead atoms. The quantitative estimate of drug-likeness (QED) is 0.852. The van der Waals surface area contributed by atoms with Crippen molar-refractivity contribution in [3.63, 3.8) is 0 Å². The fourth-order valence-corrected chi connectivity index (χ4v) is 1.54. The molecule has 1 amide bonds. The normalized spacial score (nSPS) is 10.1. The number of anilines is 1. The first-order valence-corrected chi connectivity index (χ1v) is 5.55. The molecule has 0 spiro atoms. The Labute approximate surface area is 104 Å². The number of aryl methyl sites for hydroxylation is 1. The number of para-hydroxylation sites is 1. The number of rotatable bonds is 3. The molecule has 18 heavy (non-hydrogen) atoms. The number of H-pyrrole nitrogens is 1. The van der Waals surface area contributed by atoms with E-state index in [1.54, 1.807) is 19.1 Å². The van der Waals surface area contributed by atoms with E-state index in [2.05, 4.69) is 15.3 Å². The van der Waals surface area contributed by atoms with E-state index in [-0.39, 0.29) is 17.9 Å². The summed E-state index contributed by atoms with van der Waals surface area (Å²) in [6, 6.07) is 9.10. The zero-order chi connectivity index (χ0) is 13.0.